The van der Waals surface area contributed by atoms with Crippen molar-refractivity contribution in [2.24, 2.45) is 0 Å². The van der Waals surface area contributed by atoms with E-state index in [1.165, 1.54) is 25.0 Å². The van der Waals surface area contributed by atoms with Gasteiger partial charge in [-0.15, -0.1) is 0 Å². The predicted molar refractivity (Wildman–Crippen MR) is 82.4 cm³/mol. The van der Waals surface area contributed by atoms with Crippen LogP contribution in [0.5, 0.6) is 5.75 Å². The Morgan fingerprint density at radius 1 is 1.14 bits per heavy atom. The SMILES string of the molecule is O=C1COc2ccc(S(=O)(=O)NC3CCCCCC3)cc2N1. The first-order valence-corrected chi connectivity index (χ1v) is 9.12. The van der Waals surface area contributed by atoms with Gasteiger partial charge < -0.3 is 10.1 Å². The highest BCUT2D eigenvalue weighted by molar-refractivity contribution is 7.89. The summed E-state index contributed by atoms with van der Waals surface area (Å²) in [5.74, 6) is 0.215. The number of sulfonamides is 1. The lowest BCUT2D eigenvalue weighted by Gasteiger charge is -2.20. The fourth-order valence-corrected chi connectivity index (χ4v) is 4.24. The maximum Gasteiger partial charge on any atom is 0.262 e. The summed E-state index contributed by atoms with van der Waals surface area (Å²) in [6.45, 7) is -0.0422. The fourth-order valence-electron chi connectivity index (χ4n) is 2.91. The van der Waals surface area contributed by atoms with E-state index >= 15 is 0 Å². The summed E-state index contributed by atoms with van der Waals surface area (Å²) >= 11 is 0. The van der Waals surface area contributed by atoms with E-state index in [4.69, 9.17) is 4.74 Å². The highest BCUT2D eigenvalue weighted by atomic mass is 32.2. The van der Waals surface area contributed by atoms with E-state index in [1.807, 2.05) is 0 Å². The molecule has 0 bridgehead atoms. The molecule has 1 fully saturated rings. The first-order chi connectivity index (χ1) is 10.5. The van der Waals surface area contributed by atoms with E-state index in [9.17, 15) is 13.2 Å². The van der Waals surface area contributed by atoms with Crippen LogP contribution in [0.2, 0.25) is 0 Å². The molecule has 22 heavy (non-hydrogen) atoms. The fraction of sp³-hybridized carbons (Fsp3) is 0.533. The van der Waals surface area contributed by atoms with Crippen molar-refractivity contribution in [3.63, 3.8) is 0 Å². The number of fused-ring (bicyclic) bond motifs is 1. The molecule has 1 aromatic rings. The van der Waals surface area contributed by atoms with Gasteiger partial charge in [0.25, 0.3) is 5.91 Å². The Balaban J connectivity index is 1.79. The van der Waals surface area contributed by atoms with Gasteiger partial charge in [-0.3, -0.25) is 4.79 Å². The normalized spacial score (nSPS) is 19.7. The monoisotopic (exact) mass is 324 g/mol. The molecule has 0 unspecified atom stereocenters. The van der Waals surface area contributed by atoms with Crippen LogP contribution in [0.4, 0.5) is 5.69 Å². The number of rotatable bonds is 3. The van der Waals surface area contributed by atoms with Crippen molar-refractivity contribution in [2.75, 3.05) is 11.9 Å². The molecule has 1 saturated carbocycles. The Morgan fingerprint density at radius 3 is 2.59 bits per heavy atom. The highest BCUT2D eigenvalue weighted by Crippen LogP contribution is 2.30. The Bertz CT molecular complexity index is 664. The molecule has 1 amide bonds. The molecule has 0 radical (unpaired) electrons. The van der Waals surface area contributed by atoms with E-state index in [0.29, 0.717) is 11.4 Å². The Labute approximate surface area is 130 Å². The third kappa shape index (κ3) is 3.41. The highest BCUT2D eigenvalue weighted by Gasteiger charge is 2.24. The van der Waals surface area contributed by atoms with E-state index < -0.39 is 10.0 Å². The van der Waals surface area contributed by atoms with Crippen molar-refractivity contribution in [3.05, 3.63) is 18.2 Å². The molecule has 120 valence electrons. The van der Waals surface area contributed by atoms with Crippen molar-refractivity contribution < 1.29 is 17.9 Å². The van der Waals surface area contributed by atoms with Gasteiger partial charge in [-0.25, -0.2) is 13.1 Å². The molecule has 2 N–H and O–H groups in total. The molecule has 1 aliphatic heterocycles. The van der Waals surface area contributed by atoms with Crippen LogP contribution in [0.25, 0.3) is 0 Å². The number of anilines is 1. The summed E-state index contributed by atoms with van der Waals surface area (Å²) in [5.41, 5.74) is 0.403. The van der Waals surface area contributed by atoms with Gasteiger partial charge in [0.1, 0.15) is 5.75 Å². The molecule has 0 aromatic heterocycles. The third-order valence-electron chi connectivity index (χ3n) is 4.07. The largest absolute Gasteiger partial charge is 0.482 e. The minimum absolute atomic E-state index is 0.00521. The number of carbonyl (C=O) groups is 1. The smallest absolute Gasteiger partial charge is 0.262 e. The number of hydrogen-bond donors (Lipinski definition) is 2. The van der Waals surface area contributed by atoms with Crippen LogP contribution in [-0.2, 0) is 14.8 Å². The summed E-state index contributed by atoms with van der Waals surface area (Å²) in [5, 5.41) is 2.63. The van der Waals surface area contributed by atoms with E-state index in [0.717, 1.165) is 25.7 Å². The molecule has 2 aliphatic rings. The summed E-state index contributed by atoms with van der Waals surface area (Å²) in [4.78, 5) is 11.5. The molecular weight excluding hydrogens is 304 g/mol. The Kier molecular flexibility index (Phi) is 4.35. The van der Waals surface area contributed by atoms with E-state index in [-0.39, 0.29) is 23.5 Å². The number of amides is 1. The molecule has 1 heterocycles. The molecular formula is C15H20N2O4S. The average Bonchev–Trinajstić information content (AvgIpc) is 2.74. The van der Waals surface area contributed by atoms with Crippen LogP contribution < -0.4 is 14.8 Å². The third-order valence-corrected chi connectivity index (χ3v) is 5.59. The zero-order valence-corrected chi connectivity index (χ0v) is 13.1. The van der Waals surface area contributed by atoms with E-state index in [1.54, 1.807) is 6.07 Å². The molecule has 0 saturated heterocycles. The van der Waals surface area contributed by atoms with Gasteiger partial charge in [-0.1, -0.05) is 25.7 Å². The zero-order valence-electron chi connectivity index (χ0n) is 12.3. The second-order valence-electron chi connectivity index (χ2n) is 5.80. The average molecular weight is 324 g/mol. The first kappa shape index (κ1) is 15.3. The standard InChI is InChI=1S/C15H20N2O4S/c18-15-10-21-14-8-7-12(9-13(14)16-15)22(19,20)17-11-5-3-1-2-4-6-11/h7-9,11,17H,1-6,10H2,(H,16,18). The van der Waals surface area contributed by atoms with Gasteiger partial charge in [0.15, 0.2) is 6.61 Å². The van der Waals surface area contributed by atoms with Crippen LogP contribution in [-0.4, -0.2) is 27.0 Å². The number of benzene rings is 1. The molecule has 7 heteroatoms. The summed E-state index contributed by atoms with van der Waals surface area (Å²) in [6.07, 6.45) is 6.21. The van der Waals surface area contributed by atoms with Crippen molar-refractivity contribution in [3.8, 4) is 5.75 Å². The molecule has 1 aromatic carbocycles. The lowest BCUT2D eigenvalue weighted by atomic mass is 10.1. The maximum atomic E-state index is 12.5. The number of carbonyl (C=O) groups excluding carboxylic acids is 1. The molecule has 1 aliphatic carbocycles. The summed E-state index contributed by atoms with van der Waals surface area (Å²) < 4.78 is 33.1. The van der Waals surface area contributed by atoms with Crippen molar-refractivity contribution >= 4 is 21.6 Å². The minimum Gasteiger partial charge on any atom is -0.482 e. The molecule has 0 atom stereocenters. The van der Waals surface area contributed by atoms with E-state index in [2.05, 4.69) is 10.0 Å². The van der Waals surface area contributed by atoms with Gasteiger partial charge in [0.05, 0.1) is 10.6 Å². The van der Waals surface area contributed by atoms with Crippen molar-refractivity contribution in [2.45, 2.75) is 49.5 Å². The molecule has 3 rings (SSSR count). The van der Waals surface area contributed by atoms with Gasteiger partial charge in [-0.2, -0.15) is 0 Å². The quantitative estimate of drug-likeness (QED) is 0.833. The number of ether oxygens (including phenoxy) is 1. The van der Waals surface area contributed by atoms with Crippen molar-refractivity contribution in [1.29, 1.82) is 0 Å². The Morgan fingerprint density at radius 2 is 1.86 bits per heavy atom. The second kappa shape index (κ2) is 6.26. The lowest BCUT2D eigenvalue weighted by molar-refractivity contribution is -0.118. The van der Waals surface area contributed by atoms with Gasteiger partial charge in [-0.05, 0) is 31.0 Å². The van der Waals surface area contributed by atoms with Gasteiger partial charge in [0, 0.05) is 6.04 Å². The second-order valence-corrected chi connectivity index (χ2v) is 7.52. The Hall–Kier alpha value is -1.60. The van der Waals surface area contributed by atoms with Gasteiger partial charge in [0.2, 0.25) is 10.0 Å². The summed E-state index contributed by atoms with van der Waals surface area (Å²) in [7, 11) is -3.58. The van der Waals surface area contributed by atoms with Crippen LogP contribution in [0.1, 0.15) is 38.5 Å². The van der Waals surface area contributed by atoms with Crippen LogP contribution in [0.15, 0.2) is 23.1 Å². The molecule has 6 nitrogen and oxygen atoms in total. The van der Waals surface area contributed by atoms with Gasteiger partial charge >= 0.3 is 0 Å². The number of hydrogen-bond acceptors (Lipinski definition) is 4. The topological polar surface area (TPSA) is 84.5 Å². The minimum atomic E-state index is -3.58. The van der Waals surface area contributed by atoms with Crippen LogP contribution >= 0.6 is 0 Å². The first-order valence-electron chi connectivity index (χ1n) is 7.64. The zero-order chi connectivity index (χ0) is 15.6. The lowest BCUT2D eigenvalue weighted by Crippen LogP contribution is -2.34. The molecule has 0 spiro atoms. The van der Waals surface area contributed by atoms with Crippen LogP contribution in [0.3, 0.4) is 0 Å². The number of nitrogens with one attached hydrogen (secondary N) is 2. The predicted octanol–water partition coefficient (Wildman–Crippen LogP) is 2.02. The summed E-state index contributed by atoms with van der Waals surface area (Å²) in [6, 6.07) is 4.53. The maximum absolute atomic E-state index is 12.5. The van der Waals surface area contributed by atoms with Crippen LogP contribution in [0, 0.1) is 0 Å². The van der Waals surface area contributed by atoms with Crippen molar-refractivity contribution in [1.82, 2.24) is 4.72 Å².